The maximum Gasteiger partial charge on any atom is 0.222 e. The Hall–Kier alpha value is -1.65. The van der Waals surface area contributed by atoms with Crippen LogP contribution in [0.15, 0.2) is 12.4 Å². The van der Waals surface area contributed by atoms with Crippen molar-refractivity contribution in [3.05, 3.63) is 18.1 Å². The highest BCUT2D eigenvalue weighted by atomic mass is 16.2. The molecule has 1 saturated carbocycles. The van der Waals surface area contributed by atoms with Crippen LogP contribution in [-0.4, -0.2) is 46.5 Å². The summed E-state index contributed by atoms with van der Waals surface area (Å²) in [5.74, 6) is 2.07. The quantitative estimate of drug-likeness (QED) is 0.852. The lowest BCUT2D eigenvalue weighted by molar-refractivity contribution is -0.130. The molecule has 1 aliphatic carbocycles. The molecular formula is C16H22N4O. The first-order valence-electron chi connectivity index (χ1n) is 8.18. The molecule has 2 aliphatic heterocycles. The van der Waals surface area contributed by atoms with Crippen molar-refractivity contribution in [2.75, 3.05) is 24.5 Å². The molecule has 0 bridgehead atoms. The summed E-state index contributed by atoms with van der Waals surface area (Å²) in [5.41, 5.74) is 1.19. The van der Waals surface area contributed by atoms with Crippen molar-refractivity contribution < 1.29 is 4.79 Å². The summed E-state index contributed by atoms with van der Waals surface area (Å²) in [4.78, 5) is 25.5. The molecule has 0 N–H and O–H groups in total. The van der Waals surface area contributed by atoms with Crippen LogP contribution in [-0.2, 0) is 4.79 Å². The molecule has 1 aromatic heterocycles. The molecule has 3 heterocycles. The summed E-state index contributed by atoms with van der Waals surface area (Å²) < 4.78 is 0. The lowest BCUT2D eigenvalue weighted by atomic mass is 10.0. The minimum absolute atomic E-state index is 0.353. The zero-order valence-corrected chi connectivity index (χ0v) is 12.4. The van der Waals surface area contributed by atoms with E-state index in [1.165, 1.54) is 18.5 Å². The molecule has 3 fully saturated rings. The van der Waals surface area contributed by atoms with Crippen LogP contribution >= 0.6 is 0 Å². The molecule has 1 amide bonds. The van der Waals surface area contributed by atoms with Crippen molar-refractivity contribution in [2.45, 2.75) is 50.5 Å². The fourth-order valence-corrected chi connectivity index (χ4v) is 3.67. The van der Waals surface area contributed by atoms with Crippen LogP contribution in [0.4, 0.5) is 5.82 Å². The van der Waals surface area contributed by atoms with E-state index in [0.29, 0.717) is 17.9 Å². The maximum atomic E-state index is 11.9. The Balaban J connectivity index is 1.44. The number of piperidine rings is 1. The smallest absolute Gasteiger partial charge is 0.222 e. The van der Waals surface area contributed by atoms with Gasteiger partial charge in [-0.25, -0.2) is 4.98 Å². The predicted molar refractivity (Wildman–Crippen MR) is 80.2 cm³/mol. The highest BCUT2D eigenvalue weighted by Crippen LogP contribution is 2.42. The lowest BCUT2D eigenvalue weighted by Crippen LogP contribution is -2.45. The average molecular weight is 286 g/mol. The van der Waals surface area contributed by atoms with Gasteiger partial charge in [0.1, 0.15) is 0 Å². The number of carbonyl (C=O) groups excluding carboxylic acids is 1. The second kappa shape index (κ2) is 5.28. The molecule has 3 aliphatic rings. The molecule has 0 aromatic carbocycles. The summed E-state index contributed by atoms with van der Waals surface area (Å²) in [6, 6.07) is 0.442. The Bertz CT molecular complexity index is 535. The predicted octanol–water partition coefficient (Wildman–Crippen LogP) is 1.95. The molecule has 0 unspecified atom stereocenters. The van der Waals surface area contributed by atoms with Crippen molar-refractivity contribution in [1.29, 1.82) is 0 Å². The molecule has 5 heteroatoms. The lowest BCUT2D eigenvalue weighted by Gasteiger charge is -2.37. The maximum absolute atomic E-state index is 11.9. The van der Waals surface area contributed by atoms with Crippen LogP contribution in [0.25, 0.3) is 0 Å². The number of anilines is 1. The summed E-state index contributed by atoms with van der Waals surface area (Å²) in [7, 11) is 0. The van der Waals surface area contributed by atoms with Gasteiger partial charge in [0.25, 0.3) is 0 Å². The Morgan fingerprint density at radius 1 is 1.00 bits per heavy atom. The van der Waals surface area contributed by atoms with Crippen molar-refractivity contribution in [3.8, 4) is 0 Å². The highest BCUT2D eigenvalue weighted by Gasteiger charge is 2.34. The van der Waals surface area contributed by atoms with Gasteiger partial charge in [0.05, 0.1) is 5.69 Å². The molecule has 5 nitrogen and oxygen atoms in total. The van der Waals surface area contributed by atoms with E-state index in [-0.39, 0.29) is 0 Å². The summed E-state index contributed by atoms with van der Waals surface area (Å²) in [6.45, 7) is 2.95. The number of hydrogen-bond acceptors (Lipinski definition) is 4. The second-order valence-electron chi connectivity index (χ2n) is 6.45. The van der Waals surface area contributed by atoms with Crippen LogP contribution in [0.2, 0.25) is 0 Å². The van der Waals surface area contributed by atoms with Gasteiger partial charge in [-0.15, -0.1) is 0 Å². The number of hydrogen-bond donors (Lipinski definition) is 0. The zero-order valence-electron chi connectivity index (χ0n) is 12.4. The van der Waals surface area contributed by atoms with Crippen molar-refractivity contribution in [2.24, 2.45) is 0 Å². The van der Waals surface area contributed by atoms with Gasteiger partial charge in [-0.1, -0.05) is 0 Å². The normalized spacial score (nSPS) is 23.9. The molecular weight excluding hydrogens is 264 g/mol. The van der Waals surface area contributed by atoms with E-state index in [0.717, 1.165) is 51.1 Å². The molecule has 0 radical (unpaired) electrons. The van der Waals surface area contributed by atoms with Gasteiger partial charge in [-0.3, -0.25) is 9.78 Å². The minimum atomic E-state index is 0.353. The van der Waals surface area contributed by atoms with Crippen molar-refractivity contribution >= 4 is 11.7 Å². The molecule has 0 spiro atoms. The Labute approximate surface area is 125 Å². The first kappa shape index (κ1) is 13.0. The fraction of sp³-hybridized carbons (Fsp3) is 0.688. The molecule has 21 heavy (non-hydrogen) atoms. The zero-order chi connectivity index (χ0) is 14.2. The van der Waals surface area contributed by atoms with Crippen LogP contribution in [0.3, 0.4) is 0 Å². The molecule has 112 valence electrons. The number of nitrogens with zero attached hydrogens (tertiary/aromatic N) is 4. The second-order valence-corrected chi connectivity index (χ2v) is 6.45. The Morgan fingerprint density at radius 2 is 1.76 bits per heavy atom. The van der Waals surface area contributed by atoms with Gasteiger partial charge >= 0.3 is 0 Å². The standard InChI is InChI=1S/C16H22N4O/c21-14-2-1-9-20(14)13-5-10-19(11-6-13)16-15(12-3-4-12)17-7-8-18-16/h7-8,12-13H,1-6,9-11H2. The average Bonchev–Trinajstić information content (AvgIpc) is 3.29. The van der Waals surface area contributed by atoms with Crippen molar-refractivity contribution in [1.82, 2.24) is 14.9 Å². The largest absolute Gasteiger partial charge is 0.355 e. The van der Waals surface area contributed by atoms with E-state index in [1.54, 1.807) is 6.20 Å². The monoisotopic (exact) mass is 286 g/mol. The summed E-state index contributed by atoms with van der Waals surface area (Å²) in [6.07, 6.45) is 10.0. The number of aromatic nitrogens is 2. The SMILES string of the molecule is O=C1CCCN1C1CCN(c2nccnc2C2CC2)CC1. The van der Waals surface area contributed by atoms with Crippen LogP contribution in [0, 0.1) is 0 Å². The number of likely N-dealkylation sites (tertiary alicyclic amines) is 1. The summed E-state index contributed by atoms with van der Waals surface area (Å²) in [5, 5.41) is 0. The molecule has 4 rings (SSSR count). The third-order valence-electron chi connectivity index (χ3n) is 4.99. The molecule has 1 aromatic rings. The summed E-state index contributed by atoms with van der Waals surface area (Å²) >= 11 is 0. The van der Waals surface area contributed by atoms with Gasteiger partial charge in [0, 0.05) is 50.4 Å². The number of carbonyl (C=O) groups is 1. The van der Waals surface area contributed by atoms with Gasteiger partial charge in [0.15, 0.2) is 5.82 Å². The van der Waals surface area contributed by atoms with E-state index < -0.39 is 0 Å². The van der Waals surface area contributed by atoms with Gasteiger partial charge in [0.2, 0.25) is 5.91 Å². The number of rotatable bonds is 3. The van der Waals surface area contributed by atoms with E-state index in [1.807, 2.05) is 6.20 Å². The first-order valence-corrected chi connectivity index (χ1v) is 8.18. The van der Waals surface area contributed by atoms with Crippen LogP contribution in [0.1, 0.15) is 50.1 Å². The van der Waals surface area contributed by atoms with Gasteiger partial charge in [-0.05, 0) is 32.1 Å². The highest BCUT2D eigenvalue weighted by molar-refractivity contribution is 5.78. The van der Waals surface area contributed by atoms with Gasteiger partial charge in [-0.2, -0.15) is 0 Å². The van der Waals surface area contributed by atoms with Gasteiger partial charge < -0.3 is 9.80 Å². The van der Waals surface area contributed by atoms with E-state index in [2.05, 4.69) is 19.8 Å². The Morgan fingerprint density at radius 3 is 2.43 bits per heavy atom. The minimum Gasteiger partial charge on any atom is -0.355 e. The number of amides is 1. The van der Waals surface area contributed by atoms with E-state index in [4.69, 9.17) is 0 Å². The van der Waals surface area contributed by atoms with E-state index >= 15 is 0 Å². The Kier molecular flexibility index (Phi) is 3.28. The molecule has 0 atom stereocenters. The topological polar surface area (TPSA) is 49.3 Å². The molecule has 2 saturated heterocycles. The third-order valence-corrected chi connectivity index (χ3v) is 4.99. The van der Waals surface area contributed by atoms with Crippen molar-refractivity contribution in [3.63, 3.8) is 0 Å². The van der Waals surface area contributed by atoms with Crippen LogP contribution in [0.5, 0.6) is 0 Å². The van der Waals surface area contributed by atoms with E-state index in [9.17, 15) is 4.79 Å². The first-order chi connectivity index (χ1) is 10.3. The third kappa shape index (κ3) is 2.49. The van der Waals surface area contributed by atoms with Crippen LogP contribution < -0.4 is 4.90 Å². The fourth-order valence-electron chi connectivity index (χ4n) is 3.67.